The van der Waals surface area contributed by atoms with Gasteiger partial charge in [0.1, 0.15) is 62.0 Å². The van der Waals surface area contributed by atoms with Gasteiger partial charge in [0.2, 0.25) is 0 Å². The van der Waals surface area contributed by atoms with E-state index in [1.807, 2.05) is 0 Å². The van der Waals surface area contributed by atoms with Gasteiger partial charge in [-0.15, -0.1) is 0 Å². The molecule has 444 valence electrons. The van der Waals surface area contributed by atoms with Crippen LogP contribution in [-0.2, 0) is 33.3 Å². The molecule has 2 saturated heterocycles. The first-order valence-electron chi connectivity index (χ1n) is 31.8. The average Bonchev–Trinajstić information content (AvgIpc) is 3.40. The van der Waals surface area contributed by atoms with Gasteiger partial charge in [0.25, 0.3) is 0 Å². The molecule has 0 unspecified atom stereocenters. The van der Waals surface area contributed by atoms with Crippen molar-refractivity contribution in [2.24, 2.45) is 11.8 Å². The standard InChI is InChI=1S/C62H118O13/c1-5-9-13-17-21-25-29-33-37-41-49(42-38-34-30-26-22-18-14-10-6-2)45-53(63)71-47-51-55(65)57(67)59(69)61(73-51)75-62-60(70)58(68)56(66)52(74-62)48-72-54(64)46-50(43-39-35-31-27-23-19-15-11-7-3)44-40-36-32-28-24-20-16-12-8-4/h49-52,55-62,65-70H,5-48H2,1-4H3/t51-,52-,55-,56-,57+,58+,59-,60-,61-,62-/m1/s1. The lowest BCUT2D eigenvalue weighted by Crippen LogP contribution is -2.64. The maximum absolute atomic E-state index is 13.4. The van der Waals surface area contributed by atoms with Gasteiger partial charge >= 0.3 is 11.9 Å². The van der Waals surface area contributed by atoms with Crippen molar-refractivity contribution in [2.45, 2.75) is 359 Å². The van der Waals surface area contributed by atoms with Crippen LogP contribution in [0.5, 0.6) is 0 Å². The second-order valence-corrected chi connectivity index (χ2v) is 23.1. The highest BCUT2D eigenvalue weighted by Gasteiger charge is 2.50. The van der Waals surface area contributed by atoms with Crippen LogP contribution in [0.3, 0.4) is 0 Å². The molecule has 0 aromatic rings. The summed E-state index contributed by atoms with van der Waals surface area (Å²) in [6.45, 7) is 8.11. The quantitative estimate of drug-likeness (QED) is 0.0248. The first-order valence-corrected chi connectivity index (χ1v) is 31.8. The summed E-state index contributed by atoms with van der Waals surface area (Å²) in [5, 5.41) is 65.5. The summed E-state index contributed by atoms with van der Waals surface area (Å²) < 4.78 is 28.9. The van der Waals surface area contributed by atoms with Crippen molar-refractivity contribution >= 4 is 11.9 Å². The van der Waals surface area contributed by atoms with Crippen LogP contribution in [-0.4, -0.2) is 117 Å². The van der Waals surface area contributed by atoms with E-state index in [4.69, 9.17) is 23.7 Å². The Kier molecular flexibility index (Phi) is 43.1. The summed E-state index contributed by atoms with van der Waals surface area (Å²) in [4.78, 5) is 26.7. The van der Waals surface area contributed by atoms with Gasteiger partial charge in [0, 0.05) is 12.8 Å². The molecule has 0 spiro atoms. The fourth-order valence-corrected chi connectivity index (χ4v) is 11.1. The number of hydrogen-bond acceptors (Lipinski definition) is 13. The number of hydrogen-bond donors (Lipinski definition) is 6. The third-order valence-corrected chi connectivity index (χ3v) is 16.2. The lowest BCUT2D eigenvalue weighted by Gasteiger charge is -2.44. The van der Waals surface area contributed by atoms with Crippen molar-refractivity contribution < 1.29 is 63.9 Å². The maximum Gasteiger partial charge on any atom is 0.306 e. The van der Waals surface area contributed by atoms with Gasteiger partial charge in [-0.05, 0) is 37.5 Å². The number of rotatable bonds is 50. The van der Waals surface area contributed by atoms with Gasteiger partial charge in [0.15, 0.2) is 12.6 Å². The van der Waals surface area contributed by atoms with E-state index in [9.17, 15) is 40.2 Å². The zero-order valence-corrected chi connectivity index (χ0v) is 48.6. The second-order valence-electron chi connectivity index (χ2n) is 23.1. The predicted octanol–water partition coefficient (Wildman–Crippen LogP) is 13.4. The fourth-order valence-electron chi connectivity index (χ4n) is 11.1. The number of unbranched alkanes of at least 4 members (excludes halogenated alkanes) is 32. The normalized spacial score (nSPS) is 24.1. The summed E-state index contributed by atoms with van der Waals surface area (Å²) >= 11 is 0. The van der Waals surface area contributed by atoms with Crippen LogP contribution in [0.1, 0.15) is 297 Å². The molecule has 10 atom stereocenters. The molecule has 0 aromatic heterocycles. The molecule has 2 aliphatic rings. The number of carbonyl (C=O) groups excluding carboxylic acids is 2. The predicted molar refractivity (Wildman–Crippen MR) is 300 cm³/mol. The topological polar surface area (TPSA) is 202 Å². The Morgan fingerprint density at radius 2 is 0.560 bits per heavy atom. The minimum Gasteiger partial charge on any atom is -0.463 e. The Balaban J connectivity index is 1.95. The van der Waals surface area contributed by atoms with Crippen LogP contribution in [0, 0.1) is 11.8 Å². The Bertz CT molecular complexity index is 1180. The monoisotopic (exact) mass is 1070 g/mol. The molecule has 13 heteroatoms. The molecule has 0 radical (unpaired) electrons. The van der Waals surface area contributed by atoms with Gasteiger partial charge in [-0.3, -0.25) is 9.59 Å². The fraction of sp³-hybridized carbons (Fsp3) is 0.968. The van der Waals surface area contributed by atoms with Crippen molar-refractivity contribution in [3.05, 3.63) is 0 Å². The van der Waals surface area contributed by atoms with Crippen LogP contribution in [0.2, 0.25) is 0 Å². The zero-order chi connectivity index (χ0) is 54.7. The van der Waals surface area contributed by atoms with Crippen LogP contribution in [0.15, 0.2) is 0 Å². The number of aliphatic hydroxyl groups excluding tert-OH is 6. The minimum absolute atomic E-state index is 0.168. The minimum atomic E-state index is -1.81. The summed E-state index contributed by atoms with van der Waals surface area (Å²) in [6, 6.07) is 0. The molecule has 0 aromatic carbocycles. The molecule has 2 fully saturated rings. The maximum atomic E-state index is 13.4. The molecular formula is C62H118O13. The smallest absolute Gasteiger partial charge is 0.306 e. The van der Waals surface area contributed by atoms with Crippen LogP contribution < -0.4 is 0 Å². The van der Waals surface area contributed by atoms with Crippen molar-refractivity contribution in [2.75, 3.05) is 13.2 Å². The van der Waals surface area contributed by atoms with Gasteiger partial charge in [-0.2, -0.15) is 0 Å². The van der Waals surface area contributed by atoms with E-state index >= 15 is 0 Å². The van der Waals surface area contributed by atoms with Gasteiger partial charge < -0.3 is 54.3 Å². The number of aliphatic hydroxyl groups is 6. The van der Waals surface area contributed by atoms with Gasteiger partial charge in [-0.1, -0.05) is 259 Å². The van der Waals surface area contributed by atoms with E-state index in [-0.39, 0.29) is 24.7 Å². The molecule has 2 heterocycles. The van der Waals surface area contributed by atoms with Crippen LogP contribution >= 0.6 is 0 Å². The molecule has 75 heavy (non-hydrogen) atoms. The van der Waals surface area contributed by atoms with E-state index in [1.165, 1.54) is 180 Å². The van der Waals surface area contributed by atoms with E-state index in [2.05, 4.69) is 27.7 Å². The largest absolute Gasteiger partial charge is 0.463 e. The summed E-state index contributed by atoms with van der Waals surface area (Å²) in [6.07, 6.45) is 32.1. The van der Waals surface area contributed by atoms with Crippen LogP contribution in [0.4, 0.5) is 0 Å². The summed E-state index contributed by atoms with van der Waals surface area (Å²) in [5.41, 5.74) is 0. The van der Waals surface area contributed by atoms with Crippen molar-refractivity contribution in [1.29, 1.82) is 0 Å². The molecular weight excluding hydrogens is 953 g/mol. The van der Waals surface area contributed by atoms with Crippen molar-refractivity contribution in [3.63, 3.8) is 0 Å². The molecule has 6 N–H and O–H groups in total. The molecule has 2 rings (SSSR count). The third-order valence-electron chi connectivity index (χ3n) is 16.2. The van der Waals surface area contributed by atoms with E-state index in [0.717, 1.165) is 77.0 Å². The number of esters is 2. The van der Waals surface area contributed by atoms with E-state index in [1.54, 1.807) is 0 Å². The highest BCUT2D eigenvalue weighted by molar-refractivity contribution is 5.70. The SMILES string of the molecule is CCCCCCCCCCCC(CCCCCCCCCCC)CC(=O)OC[C@H]1O[C@H](O[C@H]2O[C@H](COC(=O)CC(CCCCCCCCCCC)CCCCCCCCCCC)[C@@H](O)[C@H](O)[C@H]2O)[C@H](O)[C@@H](O)[C@@H]1O. The first kappa shape index (κ1) is 69.7. The molecule has 13 nitrogen and oxygen atoms in total. The Morgan fingerprint density at radius 3 is 0.800 bits per heavy atom. The second kappa shape index (κ2) is 46.3. The summed E-state index contributed by atoms with van der Waals surface area (Å²) in [5.74, 6) is -0.525. The van der Waals surface area contributed by atoms with Crippen molar-refractivity contribution in [3.8, 4) is 0 Å². The lowest BCUT2D eigenvalue weighted by atomic mass is 9.91. The van der Waals surface area contributed by atoms with Crippen LogP contribution in [0.25, 0.3) is 0 Å². The van der Waals surface area contributed by atoms with E-state index in [0.29, 0.717) is 0 Å². The van der Waals surface area contributed by atoms with Gasteiger partial charge in [0.05, 0.1) is 0 Å². The summed E-state index contributed by atoms with van der Waals surface area (Å²) in [7, 11) is 0. The Morgan fingerprint density at radius 1 is 0.333 bits per heavy atom. The lowest BCUT2D eigenvalue weighted by molar-refractivity contribution is -0.376. The molecule has 0 bridgehead atoms. The van der Waals surface area contributed by atoms with E-state index < -0.39 is 86.6 Å². The highest BCUT2D eigenvalue weighted by Crippen LogP contribution is 2.30. The molecule has 0 amide bonds. The third kappa shape index (κ3) is 33.1. The Hall–Kier alpha value is -1.42. The van der Waals surface area contributed by atoms with Gasteiger partial charge in [-0.25, -0.2) is 0 Å². The number of carbonyl (C=O) groups is 2. The molecule has 0 saturated carbocycles. The Labute approximate surface area is 458 Å². The van der Waals surface area contributed by atoms with Crippen molar-refractivity contribution in [1.82, 2.24) is 0 Å². The zero-order valence-electron chi connectivity index (χ0n) is 48.6. The number of ether oxygens (including phenoxy) is 5. The first-order chi connectivity index (χ1) is 36.5. The molecule has 0 aliphatic carbocycles. The average molecular weight is 1070 g/mol. The highest BCUT2D eigenvalue weighted by atomic mass is 16.8. The molecule has 2 aliphatic heterocycles.